The number of carbonyl (C=O) groups excluding carboxylic acids is 2. The molecule has 2 amide bonds. The SMILES string of the molecule is CC(=O)Nc1ccc(NC(=O)C2CCc3nc(-c4ccccc4)sc3C2)cc1. The molecule has 1 aliphatic rings. The van der Waals surface area contributed by atoms with Crippen LogP contribution in [0.4, 0.5) is 11.4 Å². The molecule has 0 saturated heterocycles. The Hall–Kier alpha value is -2.99. The maximum Gasteiger partial charge on any atom is 0.227 e. The van der Waals surface area contributed by atoms with E-state index in [4.69, 9.17) is 4.98 Å². The third kappa shape index (κ3) is 4.12. The number of benzene rings is 2. The Morgan fingerprint density at radius 1 is 1.00 bits per heavy atom. The molecular formula is C22H21N3O2S. The van der Waals surface area contributed by atoms with Crippen LogP contribution in [-0.2, 0) is 22.4 Å². The molecule has 1 heterocycles. The average molecular weight is 391 g/mol. The summed E-state index contributed by atoms with van der Waals surface area (Å²) in [5.74, 6) is -0.131. The maximum absolute atomic E-state index is 12.7. The number of nitrogens with one attached hydrogen (secondary N) is 2. The number of thiazole rings is 1. The van der Waals surface area contributed by atoms with Crippen molar-refractivity contribution in [3.63, 3.8) is 0 Å². The van der Waals surface area contributed by atoms with Gasteiger partial charge in [-0.05, 0) is 43.5 Å². The molecule has 0 aliphatic heterocycles. The molecule has 3 aromatic rings. The zero-order valence-electron chi connectivity index (χ0n) is 15.6. The van der Waals surface area contributed by atoms with Crippen LogP contribution in [-0.4, -0.2) is 16.8 Å². The summed E-state index contributed by atoms with van der Waals surface area (Å²) in [6.07, 6.45) is 2.37. The quantitative estimate of drug-likeness (QED) is 0.687. The third-order valence-electron chi connectivity index (χ3n) is 4.80. The third-order valence-corrected chi connectivity index (χ3v) is 5.97. The zero-order valence-corrected chi connectivity index (χ0v) is 16.4. The Bertz CT molecular complexity index is 996. The van der Waals surface area contributed by atoms with Gasteiger partial charge in [-0.1, -0.05) is 30.3 Å². The van der Waals surface area contributed by atoms with E-state index < -0.39 is 0 Å². The monoisotopic (exact) mass is 391 g/mol. The van der Waals surface area contributed by atoms with Gasteiger partial charge >= 0.3 is 0 Å². The highest BCUT2D eigenvalue weighted by Gasteiger charge is 2.27. The average Bonchev–Trinajstić information content (AvgIpc) is 3.13. The van der Waals surface area contributed by atoms with Crippen molar-refractivity contribution in [2.45, 2.75) is 26.2 Å². The van der Waals surface area contributed by atoms with E-state index in [0.717, 1.165) is 41.2 Å². The van der Waals surface area contributed by atoms with Crippen LogP contribution in [0.2, 0.25) is 0 Å². The standard InChI is InChI=1S/C22H21N3O2S/c1-14(26)23-17-8-10-18(11-9-17)24-21(27)16-7-12-19-20(13-16)28-22(25-19)15-5-3-2-4-6-15/h2-6,8-11,16H,7,12-13H2,1H3,(H,23,26)(H,24,27). The minimum atomic E-state index is -0.116. The van der Waals surface area contributed by atoms with E-state index in [9.17, 15) is 9.59 Å². The second-order valence-corrected chi connectivity index (χ2v) is 8.03. The van der Waals surface area contributed by atoms with Gasteiger partial charge in [0.1, 0.15) is 5.01 Å². The van der Waals surface area contributed by atoms with Gasteiger partial charge in [-0.25, -0.2) is 4.98 Å². The van der Waals surface area contributed by atoms with Crippen LogP contribution in [0.1, 0.15) is 23.9 Å². The predicted molar refractivity (Wildman–Crippen MR) is 112 cm³/mol. The van der Waals surface area contributed by atoms with Gasteiger partial charge in [0, 0.05) is 34.7 Å². The number of hydrogen-bond donors (Lipinski definition) is 2. The lowest BCUT2D eigenvalue weighted by molar-refractivity contribution is -0.120. The summed E-state index contributed by atoms with van der Waals surface area (Å²) in [6, 6.07) is 17.3. The molecule has 4 rings (SSSR count). The number of hydrogen-bond acceptors (Lipinski definition) is 4. The molecule has 2 N–H and O–H groups in total. The molecule has 0 radical (unpaired) electrons. The number of amides is 2. The van der Waals surface area contributed by atoms with E-state index in [1.54, 1.807) is 35.6 Å². The molecule has 1 atom stereocenters. The lowest BCUT2D eigenvalue weighted by Gasteiger charge is -2.20. The summed E-state index contributed by atoms with van der Waals surface area (Å²) in [6.45, 7) is 1.47. The van der Waals surface area contributed by atoms with E-state index in [2.05, 4.69) is 22.8 Å². The Kier molecular flexibility index (Phi) is 5.21. The van der Waals surface area contributed by atoms with Gasteiger partial charge in [-0.2, -0.15) is 0 Å². The van der Waals surface area contributed by atoms with E-state index in [1.165, 1.54) is 11.8 Å². The summed E-state index contributed by atoms with van der Waals surface area (Å²) in [5.41, 5.74) is 3.71. The molecular weight excluding hydrogens is 370 g/mol. The number of rotatable bonds is 4. The normalized spacial score (nSPS) is 15.5. The molecule has 0 fully saturated rings. The molecule has 0 bridgehead atoms. The van der Waals surface area contributed by atoms with Crippen molar-refractivity contribution in [3.8, 4) is 10.6 Å². The highest BCUT2D eigenvalue weighted by atomic mass is 32.1. The van der Waals surface area contributed by atoms with Gasteiger partial charge in [0.2, 0.25) is 11.8 Å². The van der Waals surface area contributed by atoms with E-state index in [1.807, 2.05) is 18.2 Å². The Labute approximate surface area is 167 Å². The van der Waals surface area contributed by atoms with Crippen LogP contribution in [0.3, 0.4) is 0 Å². The molecule has 6 heteroatoms. The van der Waals surface area contributed by atoms with Crippen LogP contribution in [0.5, 0.6) is 0 Å². The molecule has 1 aromatic heterocycles. The second-order valence-electron chi connectivity index (χ2n) is 6.94. The van der Waals surface area contributed by atoms with Crippen molar-refractivity contribution >= 4 is 34.5 Å². The van der Waals surface area contributed by atoms with Gasteiger partial charge in [0.05, 0.1) is 5.69 Å². The number of aromatic nitrogens is 1. The fourth-order valence-electron chi connectivity index (χ4n) is 3.39. The number of fused-ring (bicyclic) bond motifs is 1. The van der Waals surface area contributed by atoms with Crippen molar-refractivity contribution in [1.29, 1.82) is 0 Å². The van der Waals surface area contributed by atoms with Gasteiger partial charge < -0.3 is 10.6 Å². The van der Waals surface area contributed by atoms with Gasteiger partial charge in [0.25, 0.3) is 0 Å². The fourth-order valence-corrected chi connectivity index (χ4v) is 4.58. The molecule has 0 saturated carbocycles. The van der Waals surface area contributed by atoms with Crippen molar-refractivity contribution in [3.05, 3.63) is 65.2 Å². The summed E-state index contributed by atoms with van der Waals surface area (Å²) in [7, 11) is 0. The molecule has 0 spiro atoms. The molecule has 2 aromatic carbocycles. The smallest absolute Gasteiger partial charge is 0.227 e. The van der Waals surface area contributed by atoms with Crippen molar-refractivity contribution < 1.29 is 9.59 Å². The molecule has 1 unspecified atom stereocenters. The summed E-state index contributed by atoms with van der Waals surface area (Å²) < 4.78 is 0. The topological polar surface area (TPSA) is 71.1 Å². The van der Waals surface area contributed by atoms with Crippen LogP contribution in [0.15, 0.2) is 54.6 Å². The van der Waals surface area contributed by atoms with Gasteiger partial charge in [-0.15, -0.1) is 11.3 Å². The number of anilines is 2. The van der Waals surface area contributed by atoms with E-state index in [-0.39, 0.29) is 17.7 Å². The molecule has 142 valence electrons. The number of aryl methyl sites for hydroxylation is 1. The lowest BCUT2D eigenvalue weighted by Crippen LogP contribution is -2.27. The van der Waals surface area contributed by atoms with Gasteiger partial charge in [0.15, 0.2) is 0 Å². The van der Waals surface area contributed by atoms with Crippen LogP contribution in [0, 0.1) is 5.92 Å². The Morgan fingerprint density at radius 3 is 2.36 bits per heavy atom. The first-order valence-electron chi connectivity index (χ1n) is 9.31. The highest BCUT2D eigenvalue weighted by Crippen LogP contribution is 2.35. The zero-order chi connectivity index (χ0) is 19.5. The molecule has 5 nitrogen and oxygen atoms in total. The molecule has 1 aliphatic carbocycles. The first-order chi connectivity index (χ1) is 13.6. The first-order valence-corrected chi connectivity index (χ1v) is 10.1. The molecule has 28 heavy (non-hydrogen) atoms. The maximum atomic E-state index is 12.7. The number of nitrogens with zero attached hydrogens (tertiary/aromatic N) is 1. The van der Waals surface area contributed by atoms with Crippen molar-refractivity contribution in [2.24, 2.45) is 5.92 Å². The minimum absolute atomic E-state index is 0.0348. The summed E-state index contributed by atoms with van der Waals surface area (Å²) >= 11 is 1.69. The second kappa shape index (κ2) is 7.94. The van der Waals surface area contributed by atoms with Crippen LogP contribution < -0.4 is 10.6 Å². The highest BCUT2D eigenvalue weighted by molar-refractivity contribution is 7.15. The summed E-state index contributed by atoms with van der Waals surface area (Å²) in [4.78, 5) is 29.8. The predicted octanol–water partition coefficient (Wildman–Crippen LogP) is 4.51. The Balaban J connectivity index is 1.42. The fraction of sp³-hybridized carbons (Fsp3) is 0.227. The van der Waals surface area contributed by atoms with Gasteiger partial charge in [-0.3, -0.25) is 9.59 Å². The van der Waals surface area contributed by atoms with Crippen molar-refractivity contribution in [1.82, 2.24) is 4.98 Å². The van der Waals surface area contributed by atoms with Crippen molar-refractivity contribution in [2.75, 3.05) is 10.6 Å². The van der Waals surface area contributed by atoms with Crippen LogP contribution in [0.25, 0.3) is 10.6 Å². The largest absolute Gasteiger partial charge is 0.326 e. The summed E-state index contributed by atoms with van der Waals surface area (Å²) in [5, 5.41) is 6.74. The Morgan fingerprint density at radius 2 is 1.68 bits per heavy atom. The van der Waals surface area contributed by atoms with Crippen LogP contribution >= 0.6 is 11.3 Å². The van der Waals surface area contributed by atoms with E-state index >= 15 is 0 Å². The number of carbonyl (C=O) groups is 2. The minimum Gasteiger partial charge on any atom is -0.326 e. The first kappa shape index (κ1) is 18.4. The van der Waals surface area contributed by atoms with E-state index in [0.29, 0.717) is 5.69 Å². The lowest BCUT2D eigenvalue weighted by atomic mass is 9.90.